The third-order valence-electron chi connectivity index (χ3n) is 5.97. The van der Waals surface area contributed by atoms with Crippen molar-refractivity contribution in [2.75, 3.05) is 18.4 Å². The first-order valence-electron chi connectivity index (χ1n) is 11.6. The van der Waals surface area contributed by atoms with Gasteiger partial charge in [0.15, 0.2) is 0 Å². The second-order valence-corrected chi connectivity index (χ2v) is 9.69. The minimum absolute atomic E-state index is 0.148. The highest BCUT2D eigenvalue weighted by Gasteiger charge is 2.29. The van der Waals surface area contributed by atoms with Crippen LogP contribution < -0.4 is 5.32 Å². The first-order valence-corrected chi connectivity index (χ1v) is 11.6. The number of pyridine rings is 1. The number of aromatic carboxylic acids is 1. The fraction of sp³-hybridized carbons (Fsp3) is 0.333. The minimum atomic E-state index is -1.00. The molecule has 2 N–H and O–H groups in total. The smallest absolute Gasteiger partial charge is 0.410 e. The van der Waals surface area contributed by atoms with Gasteiger partial charge in [-0.15, -0.1) is 0 Å². The van der Waals surface area contributed by atoms with Crippen LogP contribution in [0.5, 0.6) is 0 Å². The third-order valence-corrected chi connectivity index (χ3v) is 5.97. The largest absolute Gasteiger partial charge is 0.478 e. The second kappa shape index (κ2) is 9.74. The number of rotatable bonds is 4. The van der Waals surface area contributed by atoms with Crippen molar-refractivity contribution in [2.45, 2.75) is 45.1 Å². The first-order chi connectivity index (χ1) is 16.6. The van der Waals surface area contributed by atoms with Crippen LogP contribution in [0.4, 0.5) is 10.6 Å². The lowest BCUT2D eigenvalue weighted by atomic mass is 9.86. The number of anilines is 1. The molecule has 1 saturated heterocycles. The summed E-state index contributed by atoms with van der Waals surface area (Å²) in [5.41, 5.74) is 1.76. The molecule has 0 unspecified atom stereocenters. The zero-order valence-corrected chi connectivity index (χ0v) is 20.1. The topological polar surface area (TPSA) is 109 Å². The van der Waals surface area contributed by atoms with Crippen molar-refractivity contribution in [2.24, 2.45) is 0 Å². The Kier molecular flexibility index (Phi) is 6.73. The van der Waals surface area contributed by atoms with Gasteiger partial charge in [-0.25, -0.2) is 14.6 Å². The van der Waals surface area contributed by atoms with Crippen LogP contribution in [-0.4, -0.2) is 51.7 Å². The van der Waals surface area contributed by atoms with Crippen LogP contribution in [0, 0.1) is 0 Å². The van der Waals surface area contributed by atoms with Gasteiger partial charge >= 0.3 is 12.1 Å². The van der Waals surface area contributed by atoms with Crippen LogP contribution in [0.25, 0.3) is 10.9 Å². The Morgan fingerprint density at radius 1 is 1.03 bits per heavy atom. The third kappa shape index (κ3) is 5.77. The Hall–Kier alpha value is -3.94. The summed E-state index contributed by atoms with van der Waals surface area (Å²) in [5.74, 6) is -0.725. The van der Waals surface area contributed by atoms with Gasteiger partial charge in [-0.1, -0.05) is 18.2 Å². The predicted molar refractivity (Wildman–Crippen MR) is 133 cm³/mol. The first kappa shape index (κ1) is 24.2. The SMILES string of the molecule is CC(C)(C)OC(=O)N1CCC(c2ccccc2C(=O)Nc2ccc3cc(C(=O)O)ccc3n2)CC1. The number of carboxylic acid groups (broad SMARTS) is 1. The number of carbonyl (C=O) groups excluding carboxylic acids is 2. The lowest BCUT2D eigenvalue weighted by Gasteiger charge is -2.34. The van der Waals surface area contributed by atoms with E-state index < -0.39 is 11.6 Å². The molecule has 2 aromatic carbocycles. The van der Waals surface area contributed by atoms with Crippen molar-refractivity contribution >= 4 is 34.7 Å². The number of benzene rings is 2. The fourth-order valence-corrected chi connectivity index (χ4v) is 4.27. The molecule has 0 spiro atoms. The standard InChI is InChI=1S/C27H29N3O5/c1-27(2,3)35-26(34)30-14-12-17(13-15-30)20-6-4-5-7-21(20)24(31)29-23-11-9-18-16-19(25(32)33)8-10-22(18)28-23/h4-11,16-17H,12-15H2,1-3H3,(H,32,33)(H,28,29,31). The molecule has 182 valence electrons. The summed E-state index contributed by atoms with van der Waals surface area (Å²) >= 11 is 0. The summed E-state index contributed by atoms with van der Waals surface area (Å²) in [7, 11) is 0. The number of nitrogens with one attached hydrogen (secondary N) is 1. The van der Waals surface area contributed by atoms with E-state index in [1.807, 2.05) is 39.0 Å². The van der Waals surface area contributed by atoms with E-state index in [0.717, 1.165) is 18.4 Å². The van der Waals surface area contributed by atoms with Gasteiger partial charge in [0.25, 0.3) is 5.91 Å². The van der Waals surface area contributed by atoms with E-state index in [1.165, 1.54) is 6.07 Å². The van der Waals surface area contributed by atoms with Gasteiger partial charge in [0.1, 0.15) is 11.4 Å². The number of aromatic nitrogens is 1. The molecule has 8 nitrogen and oxygen atoms in total. The molecule has 35 heavy (non-hydrogen) atoms. The van der Waals surface area contributed by atoms with Crippen molar-refractivity contribution in [1.29, 1.82) is 0 Å². The molecule has 0 bridgehead atoms. The zero-order valence-electron chi connectivity index (χ0n) is 20.1. The maximum atomic E-state index is 13.2. The maximum absolute atomic E-state index is 13.2. The molecule has 0 radical (unpaired) electrons. The highest BCUT2D eigenvalue weighted by Crippen LogP contribution is 2.31. The number of ether oxygens (including phenoxy) is 1. The molecule has 8 heteroatoms. The summed E-state index contributed by atoms with van der Waals surface area (Å²) in [6, 6.07) is 15.6. The van der Waals surface area contributed by atoms with Crippen LogP contribution in [0.1, 0.15) is 65.8 Å². The number of hydrogen-bond acceptors (Lipinski definition) is 5. The number of likely N-dealkylation sites (tertiary alicyclic amines) is 1. The summed E-state index contributed by atoms with van der Waals surface area (Å²) in [5, 5.41) is 12.7. The van der Waals surface area contributed by atoms with E-state index in [2.05, 4.69) is 10.3 Å². The zero-order chi connectivity index (χ0) is 25.2. The molecule has 3 aromatic rings. The van der Waals surface area contributed by atoms with E-state index >= 15 is 0 Å². The van der Waals surface area contributed by atoms with E-state index in [0.29, 0.717) is 35.4 Å². The van der Waals surface area contributed by atoms with E-state index in [1.54, 1.807) is 35.2 Å². The van der Waals surface area contributed by atoms with Crippen molar-refractivity contribution in [3.8, 4) is 0 Å². The summed E-state index contributed by atoms with van der Waals surface area (Å²) in [6.07, 6.45) is 1.17. The Balaban J connectivity index is 1.46. The van der Waals surface area contributed by atoms with Gasteiger partial charge in [-0.2, -0.15) is 0 Å². The molecule has 1 aromatic heterocycles. The van der Waals surface area contributed by atoms with Gasteiger partial charge in [0, 0.05) is 24.0 Å². The van der Waals surface area contributed by atoms with Crippen LogP contribution in [0.15, 0.2) is 54.6 Å². The highest BCUT2D eigenvalue weighted by atomic mass is 16.6. The summed E-state index contributed by atoms with van der Waals surface area (Å²) in [4.78, 5) is 42.9. The molecule has 2 heterocycles. The molecule has 1 aliphatic rings. The molecule has 1 aliphatic heterocycles. The quantitative estimate of drug-likeness (QED) is 0.530. The van der Waals surface area contributed by atoms with Gasteiger partial charge in [0.2, 0.25) is 0 Å². The number of carboxylic acids is 1. The Bertz CT molecular complexity index is 1270. The normalized spacial score (nSPS) is 14.5. The molecule has 0 saturated carbocycles. The lowest BCUT2D eigenvalue weighted by Crippen LogP contribution is -2.41. The lowest BCUT2D eigenvalue weighted by molar-refractivity contribution is 0.0204. The van der Waals surface area contributed by atoms with Crippen molar-refractivity contribution in [1.82, 2.24) is 9.88 Å². The van der Waals surface area contributed by atoms with Crippen molar-refractivity contribution < 1.29 is 24.2 Å². The minimum Gasteiger partial charge on any atom is -0.478 e. The number of amides is 2. The predicted octanol–water partition coefficient (Wildman–Crippen LogP) is 5.30. The van der Waals surface area contributed by atoms with Crippen molar-refractivity contribution in [3.05, 3.63) is 71.3 Å². The summed E-state index contributed by atoms with van der Waals surface area (Å²) in [6.45, 7) is 6.69. The number of fused-ring (bicyclic) bond motifs is 1. The molecular weight excluding hydrogens is 446 g/mol. The van der Waals surface area contributed by atoms with Gasteiger partial charge in [-0.3, -0.25) is 4.79 Å². The fourth-order valence-electron chi connectivity index (χ4n) is 4.27. The average molecular weight is 476 g/mol. The Morgan fingerprint density at radius 3 is 2.43 bits per heavy atom. The molecule has 2 amide bonds. The molecular formula is C27H29N3O5. The van der Waals surface area contributed by atoms with Crippen LogP contribution in [0.2, 0.25) is 0 Å². The van der Waals surface area contributed by atoms with Crippen LogP contribution in [0.3, 0.4) is 0 Å². The van der Waals surface area contributed by atoms with Gasteiger partial charge in [-0.05, 0) is 81.5 Å². The van der Waals surface area contributed by atoms with Crippen molar-refractivity contribution in [3.63, 3.8) is 0 Å². The molecule has 1 fully saturated rings. The monoisotopic (exact) mass is 475 g/mol. The van der Waals surface area contributed by atoms with Gasteiger partial charge in [0.05, 0.1) is 11.1 Å². The Morgan fingerprint density at radius 2 is 1.74 bits per heavy atom. The molecule has 0 aliphatic carbocycles. The van der Waals surface area contributed by atoms with E-state index in [4.69, 9.17) is 9.84 Å². The molecule has 4 rings (SSSR count). The Labute approximate surface area is 203 Å². The number of piperidine rings is 1. The van der Waals surface area contributed by atoms with E-state index in [9.17, 15) is 14.4 Å². The average Bonchev–Trinajstić information content (AvgIpc) is 2.82. The molecule has 0 atom stereocenters. The van der Waals surface area contributed by atoms with Gasteiger partial charge < -0.3 is 20.1 Å². The number of nitrogens with zero attached hydrogens (tertiary/aromatic N) is 2. The van der Waals surface area contributed by atoms with E-state index in [-0.39, 0.29) is 23.5 Å². The highest BCUT2D eigenvalue weighted by molar-refractivity contribution is 6.05. The van der Waals surface area contributed by atoms with Crippen LogP contribution in [-0.2, 0) is 4.74 Å². The number of hydrogen-bond donors (Lipinski definition) is 2. The summed E-state index contributed by atoms with van der Waals surface area (Å²) < 4.78 is 5.48. The maximum Gasteiger partial charge on any atom is 0.410 e. The van der Waals surface area contributed by atoms with Crippen LogP contribution >= 0.6 is 0 Å². The second-order valence-electron chi connectivity index (χ2n) is 9.69. The number of carbonyl (C=O) groups is 3.